The van der Waals surface area contributed by atoms with Crippen molar-refractivity contribution < 1.29 is 10.2 Å². The maximum absolute atomic E-state index is 8.33. The average Bonchev–Trinajstić information content (AvgIpc) is 1.72. The molecule has 2 N–H and O–H groups in total. The fourth-order valence-corrected chi connectivity index (χ4v) is 0.240. The van der Waals surface area contributed by atoms with E-state index in [2.05, 4.69) is 6.92 Å². The Morgan fingerprint density at radius 2 is 1.71 bits per heavy atom. The summed E-state index contributed by atoms with van der Waals surface area (Å²) in [4.78, 5) is 0. The van der Waals surface area contributed by atoms with Crippen LogP contribution in [0, 0.1) is 12.8 Å². The first-order chi connectivity index (χ1) is 3.35. The van der Waals surface area contributed by atoms with Crippen LogP contribution in [0.5, 0.6) is 0 Å². The largest absolute Gasteiger partial charge is 0.396 e. The summed E-state index contributed by atoms with van der Waals surface area (Å²) in [5.41, 5.74) is 0. The molecule has 0 unspecified atom stereocenters. The molecular formula is C5H11O2. The molecule has 0 saturated heterocycles. The third-order valence-electron chi connectivity index (χ3n) is 0.925. The predicted molar refractivity (Wildman–Crippen MR) is 27.6 cm³/mol. The number of hydrogen-bond donors (Lipinski definition) is 2. The molecule has 2 nitrogen and oxygen atoms in total. The number of aliphatic hydroxyl groups is 2. The van der Waals surface area contributed by atoms with Gasteiger partial charge >= 0.3 is 0 Å². The van der Waals surface area contributed by atoms with Crippen LogP contribution in [-0.2, 0) is 0 Å². The van der Waals surface area contributed by atoms with Gasteiger partial charge in [0.25, 0.3) is 0 Å². The van der Waals surface area contributed by atoms with Gasteiger partial charge in [0, 0.05) is 19.1 Å². The Morgan fingerprint density at radius 1 is 1.29 bits per heavy atom. The van der Waals surface area contributed by atoms with E-state index in [-0.39, 0.29) is 19.1 Å². The zero-order valence-electron chi connectivity index (χ0n) is 4.30. The van der Waals surface area contributed by atoms with Gasteiger partial charge in [0.1, 0.15) is 0 Å². The van der Waals surface area contributed by atoms with Crippen molar-refractivity contribution in [3.05, 3.63) is 6.92 Å². The first-order valence-corrected chi connectivity index (χ1v) is 2.36. The maximum atomic E-state index is 8.33. The van der Waals surface area contributed by atoms with E-state index >= 15 is 0 Å². The maximum Gasteiger partial charge on any atom is 0.0481 e. The Kier molecular flexibility index (Phi) is 4.04. The molecule has 7 heavy (non-hydrogen) atoms. The fraction of sp³-hybridized carbons (Fsp3) is 0.800. The van der Waals surface area contributed by atoms with Crippen molar-refractivity contribution in [2.24, 2.45) is 5.92 Å². The molecule has 0 saturated carbocycles. The molecule has 0 atom stereocenters. The second-order valence-electron chi connectivity index (χ2n) is 1.52. The molecule has 43 valence electrons. The van der Waals surface area contributed by atoms with Gasteiger partial charge in [0.15, 0.2) is 0 Å². The van der Waals surface area contributed by atoms with Gasteiger partial charge in [-0.05, 0) is 6.42 Å². The summed E-state index contributed by atoms with van der Waals surface area (Å²) in [5.74, 6) is -0.0139. The predicted octanol–water partition coefficient (Wildman–Crippen LogP) is -0.189. The monoisotopic (exact) mass is 103 g/mol. The minimum absolute atomic E-state index is 0.0139. The van der Waals surface area contributed by atoms with Crippen LogP contribution < -0.4 is 0 Å². The average molecular weight is 103 g/mol. The molecule has 0 aromatic carbocycles. The molecule has 0 bridgehead atoms. The summed E-state index contributed by atoms with van der Waals surface area (Å²) in [5, 5.41) is 16.7. The quantitative estimate of drug-likeness (QED) is 0.520. The lowest BCUT2D eigenvalue weighted by Crippen LogP contribution is -2.08. The third kappa shape index (κ3) is 2.60. The van der Waals surface area contributed by atoms with E-state index in [1.54, 1.807) is 0 Å². The lowest BCUT2D eigenvalue weighted by Gasteiger charge is -2.03. The van der Waals surface area contributed by atoms with E-state index in [0.29, 0.717) is 6.42 Å². The SMILES string of the molecule is [CH2]CC(CO)CO. The second kappa shape index (κ2) is 4.09. The first kappa shape index (κ1) is 6.92. The van der Waals surface area contributed by atoms with Gasteiger partial charge in [-0.2, -0.15) is 0 Å². The minimum atomic E-state index is -0.0139. The summed E-state index contributed by atoms with van der Waals surface area (Å²) in [7, 11) is 0. The van der Waals surface area contributed by atoms with Crippen molar-refractivity contribution in [3.8, 4) is 0 Å². The molecule has 0 aromatic heterocycles. The van der Waals surface area contributed by atoms with Crippen LogP contribution in [0.25, 0.3) is 0 Å². The highest BCUT2D eigenvalue weighted by atomic mass is 16.3. The molecule has 2 heteroatoms. The zero-order chi connectivity index (χ0) is 5.70. The molecule has 0 aliphatic heterocycles. The van der Waals surface area contributed by atoms with Gasteiger partial charge in [0.05, 0.1) is 0 Å². The summed E-state index contributed by atoms with van der Waals surface area (Å²) < 4.78 is 0. The number of aliphatic hydroxyl groups excluding tert-OH is 2. The highest BCUT2D eigenvalue weighted by Crippen LogP contribution is 1.96. The minimum Gasteiger partial charge on any atom is -0.396 e. The van der Waals surface area contributed by atoms with E-state index in [0.717, 1.165) is 0 Å². The van der Waals surface area contributed by atoms with E-state index in [9.17, 15) is 0 Å². The van der Waals surface area contributed by atoms with Gasteiger partial charge in [-0.15, -0.1) is 0 Å². The first-order valence-electron chi connectivity index (χ1n) is 2.36. The highest BCUT2D eigenvalue weighted by Gasteiger charge is 1.98. The standard InChI is InChI=1S/C5H11O2/c1-2-5(3-6)4-7/h5-7H,1-4H2. The van der Waals surface area contributed by atoms with Crippen molar-refractivity contribution in [2.45, 2.75) is 6.42 Å². The van der Waals surface area contributed by atoms with Crippen LogP contribution in [0.3, 0.4) is 0 Å². The molecule has 0 heterocycles. The van der Waals surface area contributed by atoms with Crippen LogP contribution in [0.2, 0.25) is 0 Å². The summed E-state index contributed by atoms with van der Waals surface area (Å²) in [6.07, 6.45) is 0.604. The van der Waals surface area contributed by atoms with E-state index in [1.165, 1.54) is 0 Å². The van der Waals surface area contributed by atoms with E-state index < -0.39 is 0 Å². The summed E-state index contributed by atoms with van der Waals surface area (Å²) in [6.45, 7) is 3.59. The van der Waals surface area contributed by atoms with Crippen molar-refractivity contribution >= 4 is 0 Å². The highest BCUT2D eigenvalue weighted by molar-refractivity contribution is 4.54. The summed E-state index contributed by atoms with van der Waals surface area (Å²) in [6, 6.07) is 0. The van der Waals surface area contributed by atoms with Crippen molar-refractivity contribution in [3.63, 3.8) is 0 Å². The Hall–Kier alpha value is -0.0800. The fourth-order valence-electron chi connectivity index (χ4n) is 0.240. The van der Waals surface area contributed by atoms with Gasteiger partial charge in [0.2, 0.25) is 0 Å². The van der Waals surface area contributed by atoms with Gasteiger partial charge < -0.3 is 10.2 Å². The van der Waals surface area contributed by atoms with Crippen LogP contribution >= 0.6 is 0 Å². The summed E-state index contributed by atoms with van der Waals surface area (Å²) >= 11 is 0. The third-order valence-corrected chi connectivity index (χ3v) is 0.925. The molecular weight excluding hydrogens is 92.1 g/mol. The lowest BCUT2D eigenvalue weighted by molar-refractivity contribution is 0.151. The lowest BCUT2D eigenvalue weighted by atomic mass is 10.1. The van der Waals surface area contributed by atoms with Gasteiger partial charge in [-0.1, -0.05) is 6.92 Å². The zero-order valence-corrected chi connectivity index (χ0v) is 4.30. The van der Waals surface area contributed by atoms with Crippen molar-refractivity contribution in [1.29, 1.82) is 0 Å². The van der Waals surface area contributed by atoms with Crippen LogP contribution in [-0.4, -0.2) is 23.4 Å². The molecule has 0 amide bonds. The Labute approximate surface area is 43.8 Å². The Bertz CT molecular complexity index is 27.6. The molecule has 0 aliphatic rings. The smallest absolute Gasteiger partial charge is 0.0481 e. The number of rotatable bonds is 3. The molecule has 0 spiro atoms. The van der Waals surface area contributed by atoms with Gasteiger partial charge in [-0.3, -0.25) is 0 Å². The van der Waals surface area contributed by atoms with Crippen LogP contribution in [0.15, 0.2) is 0 Å². The Morgan fingerprint density at radius 3 is 1.71 bits per heavy atom. The molecule has 0 aromatic rings. The Balaban J connectivity index is 2.99. The molecule has 0 fully saturated rings. The van der Waals surface area contributed by atoms with Crippen molar-refractivity contribution in [1.82, 2.24) is 0 Å². The van der Waals surface area contributed by atoms with Gasteiger partial charge in [-0.25, -0.2) is 0 Å². The molecule has 0 aliphatic carbocycles. The van der Waals surface area contributed by atoms with Crippen molar-refractivity contribution in [2.75, 3.05) is 13.2 Å². The van der Waals surface area contributed by atoms with Crippen LogP contribution in [0.1, 0.15) is 6.42 Å². The molecule has 0 rings (SSSR count). The normalized spacial score (nSPS) is 10.3. The topological polar surface area (TPSA) is 40.5 Å². The second-order valence-corrected chi connectivity index (χ2v) is 1.52. The van der Waals surface area contributed by atoms with E-state index in [1.807, 2.05) is 0 Å². The molecule has 1 radical (unpaired) electrons. The van der Waals surface area contributed by atoms with Crippen LogP contribution in [0.4, 0.5) is 0 Å². The number of hydrogen-bond acceptors (Lipinski definition) is 2. The van der Waals surface area contributed by atoms with E-state index in [4.69, 9.17) is 10.2 Å².